The maximum absolute atomic E-state index is 10.9. The van der Waals surface area contributed by atoms with Gasteiger partial charge in [-0.2, -0.15) is 0 Å². The van der Waals surface area contributed by atoms with Crippen LogP contribution >= 0.6 is 0 Å². The van der Waals surface area contributed by atoms with Gasteiger partial charge in [-0.1, -0.05) is 6.92 Å². The highest BCUT2D eigenvalue weighted by atomic mass is 16.1. The van der Waals surface area contributed by atoms with E-state index in [0.29, 0.717) is 11.6 Å². The molecule has 1 aliphatic rings. The first-order valence-corrected chi connectivity index (χ1v) is 5.35. The van der Waals surface area contributed by atoms with Crippen molar-refractivity contribution < 1.29 is 4.79 Å². The predicted molar refractivity (Wildman–Crippen MR) is 59.8 cm³/mol. The van der Waals surface area contributed by atoms with E-state index in [1.807, 2.05) is 19.9 Å². The Balaban J connectivity index is 2.53. The van der Waals surface area contributed by atoms with Crippen LogP contribution in [-0.4, -0.2) is 11.3 Å². The van der Waals surface area contributed by atoms with Gasteiger partial charge < -0.3 is 10.5 Å². The lowest BCUT2D eigenvalue weighted by molar-refractivity contribution is -0.108. The summed E-state index contributed by atoms with van der Waals surface area (Å²) in [6.07, 6.45) is 3.29. The largest absolute Gasteiger partial charge is 0.398 e. The summed E-state index contributed by atoms with van der Waals surface area (Å²) in [5.41, 5.74) is 9.61. The highest BCUT2D eigenvalue weighted by molar-refractivity contribution is 5.68. The number of aromatic nitrogens is 1. The SMILES string of the molecule is Cc1cc(N)c(C(C)C=O)c(C2CC2)n1. The van der Waals surface area contributed by atoms with Crippen molar-refractivity contribution in [1.29, 1.82) is 0 Å². The minimum absolute atomic E-state index is 0.145. The minimum Gasteiger partial charge on any atom is -0.398 e. The first-order chi connectivity index (χ1) is 7.13. The molecule has 2 N–H and O–H groups in total. The molecule has 15 heavy (non-hydrogen) atoms. The lowest BCUT2D eigenvalue weighted by Crippen LogP contribution is -2.08. The molecule has 0 aliphatic heterocycles. The molecule has 1 unspecified atom stereocenters. The summed E-state index contributed by atoms with van der Waals surface area (Å²) in [4.78, 5) is 15.4. The van der Waals surface area contributed by atoms with Gasteiger partial charge in [0.15, 0.2) is 0 Å². The first kappa shape index (κ1) is 10.1. The number of nitrogen functional groups attached to an aromatic ring is 1. The first-order valence-electron chi connectivity index (χ1n) is 5.35. The summed E-state index contributed by atoms with van der Waals surface area (Å²) in [5, 5.41) is 0. The normalized spacial score (nSPS) is 17.5. The number of hydrogen-bond donors (Lipinski definition) is 1. The van der Waals surface area contributed by atoms with Gasteiger partial charge in [0.05, 0.1) is 0 Å². The van der Waals surface area contributed by atoms with Crippen LogP contribution < -0.4 is 5.73 Å². The monoisotopic (exact) mass is 204 g/mol. The maximum atomic E-state index is 10.9. The van der Waals surface area contributed by atoms with Gasteiger partial charge in [-0.25, -0.2) is 0 Å². The summed E-state index contributed by atoms with van der Waals surface area (Å²) < 4.78 is 0. The number of hydrogen-bond acceptors (Lipinski definition) is 3. The van der Waals surface area contributed by atoms with Gasteiger partial charge in [-0.15, -0.1) is 0 Å². The standard InChI is InChI=1S/C12H16N2O/c1-7(6-15)11-10(13)5-8(2)14-12(11)9-3-4-9/h5-7,9H,3-4H2,1-2H3,(H2,13,14). The van der Waals surface area contributed by atoms with Gasteiger partial charge in [0.2, 0.25) is 0 Å². The fourth-order valence-electron chi connectivity index (χ4n) is 1.97. The highest BCUT2D eigenvalue weighted by Crippen LogP contribution is 2.43. The van der Waals surface area contributed by atoms with Crippen molar-refractivity contribution in [3.8, 4) is 0 Å². The van der Waals surface area contributed by atoms with Crippen LogP contribution in [-0.2, 0) is 4.79 Å². The number of rotatable bonds is 3. The second kappa shape index (κ2) is 3.65. The van der Waals surface area contributed by atoms with Gasteiger partial charge >= 0.3 is 0 Å². The fraction of sp³-hybridized carbons (Fsp3) is 0.500. The zero-order valence-electron chi connectivity index (χ0n) is 9.16. The summed E-state index contributed by atoms with van der Waals surface area (Å²) in [5.74, 6) is 0.387. The zero-order valence-corrected chi connectivity index (χ0v) is 9.16. The lowest BCUT2D eigenvalue weighted by Gasteiger charge is -2.14. The summed E-state index contributed by atoms with van der Waals surface area (Å²) in [6, 6.07) is 1.85. The van der Waals surface area contributed by atoms with Crippen molar-refractivity contribution in [2.75, 3.05) is 5.73 Å². The second-order valence-corrected chi connectivity index (χ2v) is 4.35. The van der Waals surface area contributed by atoms with Crippen LogP contribution in [0.25, 0.3) is 0 Å². The van der Waals surface area contributed by atoms with Gasteiger partial charge in [-0.3, -0.25) is 4.98 Å². The van der Waals surface area contributed by atoms with E-state index >= 15 is 0 Å². The van der Waals surface area contributed by atoms with Crippen LogP contribution in [0.5, 0.6) is 0 Å². The Hall–Kier alpha value is -1.38. The number of nitrogens with zero attached hydrogens (tertiary/aromatic N) is 1. The maximum Gasteiger partial charge on any atom is 0.127 e. The van der Waals surface area contributed by atoms with Gasteiger partial charge in [0.1, 0.15) is 6.29 Å². The average molecular weight is 204 g/mol. The number of nitrogens with two attached hydrogens (primary N) is 1. The number of aryl methyl sites for hydroxylation is 1. The number of aldehydes is 1. The Morgan fingerprint density at radius 3 is 2.80 bits per heavy atom. The van der Waals surface area contributed by atoms with E-state index in [1.165, 1.54) is 12.8 Å². The van der Waals surface area contributed by atoms with E-state index in [2.05, 4.69) is 4.98 Å². The molecule has 0 saturated heterocycles. The van der Waals surface area contributed by atoms with Crippen LogP contribution in [0.2, 0.25) is 0 Å². The summed E-state index contributed by atoms with van der Waals surface area (Å²) in [6.45, 7) is 3.82. The molecule has 1 aromatic rings. The van der Waals surface area contributed by atoms with E-state index < -0.39 is 0 Å². The Morgan fingerprint density at radius 1 is 1.60 bits per heavy atom. The van der Waals surface area contributed by atoms with Crippen LogP contribution in [0, 0.1) is 6.92 Å². The third-order valence-electron chi connectivity index (χ3n) is 2.87. The van der Waals surface area contributed by atoms with Gasteiger partial charge in [0.25, 0.3) is 0 Å². The molecule has 2 rings (SSSR count). The van der Waals surface area contributed by atoms with E-state index in [-0.39, 0.29) is 5.92 Å². The Bertz CT molecular complexity index is 397. The minimum atomic E-state index is -0.145. The van der Waals surface area contributed by atoms with Gasteiger partial charge in [-0.05, 0) is 25.8 Å². The molecule has 0 aromatic carbocycles. The zero-order chi connectivity index (χ0) is 11.0. The highest BCUT2D eigenvalue weighted by Gasteiger charge is 2.30. The van der Waals surface area contributed by atoms with Crippen molar-refractivity contribution in [3.05, 3.63) is 23.0 Å². The number of pyridine rings is 1. The molecule has 1 aliphatic carbocycles. The fourth-order valence-corrected chi connectivity index (χ4v) is 1.97. The molecule has 0 bridgehead atoms. The molecule has 0 spiro atoms. The third-order valence-corrected chi connectivity index (χ3v) is 2.87. The van der Waals surface area contributed by atoms with Crippen molar-refractivity contribution in [3.63, 3.8) is 0 Å². The molecule has 1 atom stereocenters. The van der Waals surface area contributed by atoms with Crippen LogP contribution in [0.1, 0.15) is 48.6 Å². The van der Waals surface area contributed by atoms with Crippen LogP contribution in [0.3, 0.4) is 0 Å². The molecule has 80 valence electrons. The predicted octanol–water partition coefficient (Wildman–Crippen LogP) is 2.15. The Labute approximate surface area is 89.7 Å². The van der Waals surface area contributed by atoms with Crippen molar-refractivity contribution in [2.45, 2.75) is 38.5 Å². The van der Waals surface area contributed by atoms with Crippen molar-refractivity contribution >= 4 is 12.0 Å². The molecular formula is C12H16N2O. The van der Waals surface area contributed by atoms with Gasteiger partial charge in [0, 0.05) is 34.5 Å². The smallest absolute Gasteiger partial charge is 0.127 e. The molecule has 3 nitrogen and oxygen atoms in total. The lowest BCUT2D eigenvalue weighted by atomic mass is 9.96. The molecule has 0 radical (unpaired) electrons. The molecule has 3 heteroatoms. The molecule has 1 aromatic heterocycles. The van der Waals surface area contributed by atoms with E-state index in [1.54, 1.807) is 0 Å². The average Bonchev–Trinajstić information content (AvgIpc) is 2.98. The molecule has 1 saturated carbocycles. The van der Waals surface area contributed by atoms with Crippen molar-refractivity contribution in [2.24, 2.45) is 0 Å². The number of anilines is 1. The van der Waals surface area contributed by atoms with E-state index in [4.69, 9.17) is 5.73 Å². The number of carbonyl (C=O) groups excluding carboxylic acids is 1. The van der Waals surface area contributed by atoms with Crippen molar-refractivity contribution in [1.82, 2.24) is 4.98 Å². The van der Waals surface area contributed by atoms with E-state index in [0.717, 1.165) is 23.2 Å². The topological polar surface area (TPSA) is 56.0 Å². The Kier molecular flexibility index (Phi) is 2.47. The number of carbonyl (C=O) groups is 1. The second-order valence-electron chi connectivity index (χ2n) is 4.35. The van der Waals surface area contributed by atoms with Crippen LogP contribution in [0.15, 0.2) is 6.07 Å². The molecule has 1 fully saturated rings. The summed E-state index contributed by atoms with van der Waals surface area (Å²) >= 11 is 0. The molecule has 1 heterocycles. The Morgan fingerprint density at radius 2 is 2.27 bits per heavy atom. The van der Waals surface area contributed by atoms with Crippen LogP contribution in [0.4, 0.5) is 5.69 Å². The molecular weight excluding hydrogens is 188 g/mol. The quantitative estimate of drug-likeness (QED) is 0.767. The molecule has 0 amide bonds. The van der Waals surface area contributed by atoms with E-state index in [9.17, 15) is 4.79 Å². The third kappa shape index (κ3) is 1.87. The summed E-state index contributed by atoms with van der Waals surface area (Å²) in [7, 11) is 0.